The molecule has 0 saturated carbocycles. The zero-order chi connectivity index (χ0) is 22.5. The third kappa shape index (κ3) is 4.70. The van der Waals surface area contributed by atoms with Crippen LogP contribution < -0.4 is 10.7 Å². The highest BCUT2D eigenvalue weighted by atomic mass is 19.1. The van der Waals surface area contributed by atoms with Crippen LogP contribution in [0.15, 0.2) is 96.1 Å². The Morgan fingerprint density at radius 3 is 2.28 bits per heavy atom. The molecule has 0 saturated heterocycles. The summed E-state index contributed by atoms with van der Waals surface area (Å²) >= 11 is 0. The van der Waals surface area contributed by atoms with E-state index in [0.717, 1.165) is 16.3 Å². The topological polar surface area (TPSA) is 70.6 Å². The van der Waals surface area contributed by atoms with Crippen molar-refractivity contribution in [2.24, 2.45) is 5.10 Å². The van der Waals surface area contributed by atoms with Crippen LogP contribution in [0.2, 0.25) is 0 Å². The number of anilines is 1. The Hall–Kier alpha value is -4.32. The number of benzene rings is 4. The molecule has 0 spiro atoms. The van der Waals surface area contributed by atoms with E-state index in [-0.39, 0.29) is 11.5 Å². The number of hydrogen-bond donors (Lipinski definition) is 2. The second-order valence-corrected chi connectivity index (χ2v) is 7.21. The van der Waals surface area contributed by atoms with E-state index in [2.05, 4.69) is 15.8 Å². The average molecular weight is 425 g/mol. The summed E-state index contributed by atoms with van der Waals surface area (Å²) in [7, 11) is 0. The van der Waals surface area contributed by atoms with Crippen LogP contribution in [-0.2, 0) is 0 Å². The summed E-state index contributed by atoms with van der Waals surface area (Å²) in [6.45, 7) is 1.78. The number of hydrazone groups is 1. The van der Waals surface area contributed by atoms with Crippen molar-refractivity contribution in [2.75, 3.05) is 5.32 Å². The van der Waals surface area contributed by atoms with E-state index >= 15 is 0 Å². The fourth-order valence-electron chi connectivity index (χ4n) is 3.31. The third-order valence-corrected chi connectivity index (χ3v) is 5.01. The summed E-state index contributed by atoms with van der Waals surface area (Å²) in [6, 6.07) is 25.7. The zero-order valence-corrected chi connectivity index (χ0v) is 17.3. The lowest BCUT2D eigenvalue weighted by molar-refractivity contribution is 0.0955. The summed E-state index contributed by atoms with van der Waals surface area (Å²) < 4.78 is 13.3. The molecule has 5 nitrogen and oxygen atoms in total. The molecule has 158 valence electrons. The Bertz CT molecular complexity index is 1330. The number of rotatable bonds is 5. The van der Waals surface area contributed by atoms with E-state index in [1.54, 1.807) is 43.3 Å². The van der Waals surface area contributed by atoms with E-state index in [0.29, 0.717) is 17.0 Å². The van der Waals surface area contributed by atoms with Gasteiger partial charge < -0.3 is 5.32 Å². The number of halogens is 1. The largest absolute Gasteiger partial charge is 0.322 e. The average Bonchev–Trinajstić information content (AvgIpc) is 2.82. The van der Waals surface area contributed by atoms with Gasteiger partial charge in [0.2, 0.25) is 0 Å². The highest BCUT2D eigenvalue weighted by Gasteiger charge is 2.10. The van der Waals surface area contributed by atoms with Crippen LogP contribution in [0.1, 0.15) is 33.2 Å². The normalized spacial score (nSPS) is 11.2. The quantitative estimate of drug-likeness (QED) is 0.333. The lowest BCUT2D eigenvalue weighted by atomic mass is 10.0. The molecule has 0 fully saturated rings. The first-order valence-corrected chi connectivity index (χ1v) is 10.0. The number of nitrogens with zero attached hydrogens (tertiary/aromatic N) is 1. The summed E-state index contributed by atoms with van der Waals surface area (Å²) in [5.74, 6) is -1.16. The van der Waals surface area contributed by atoms with Crippen LogP contribution in [0, 0.1) is 5.82 Å². The molecule has 0 heterocycles. The number of nitrogens with one attached hydrogen (secondary N) is 2. The molecular formula is C26H20FN3O2. The lowest BCUT2D eigenvalue weighted by Gasteiger charge is -2.08. The smallest absolute Gasteiger partial charge is 0.272 e. The van der Waals surface area contributed by atoms with Gasteiger partial charge in [0.15, 0.2) is 0 Å². The fourth-order valence-corrected chi connectivity index (χ4v) is 3.31. The zero-order valence-electron chi connectivity index (χ0n) is 17.3. The van der Waals surface area contributed by atoms with Gasteiger partial charge in [0.05, 0.1) is 5.71 Å². The van der Waals surface area contributed by atoms with Crippen LogP contribution >= 0.6 is 0 Å². The molecule has 32 heavy (non-hydrogen) atoms. The molecule has 0 aliphatic rings. The van der Waals surface area contributed by atoms with Crippen molar-refractivity contribution < 1.29 is 14.0 Å². The maximum Gasteiger partial charge on any atom is 0.272 e. The van der Waals surface area contributed by atoms with Crippen LogP contribution in [0.5, 0.6) is 0 Å². The van der Waals surface area contributed by atoms with Crippen molar-refractivity contribution in [3.05, 3.63) is 114 Å². The van der Waals surface area contributed by atoms with Gasteiger partial charge in [-0.1, -0.05) is 54.6 Å². The maximum absolute atomic E-state index is 13.3. The first-order valence-electron chi connectivity index (χ1n) is 10.0. The van der Waals surface area contributed by atoms with E-state index < -0.39 is 11.7 Å². The standard InChI is InChI=1S/C26H20FN3O2/c1-17(29-30-26(32)24-11-5-7-19-6-2-3-10-23(19)24)18-12-14-22(15-13-18)28-25(31)20-8-4-9-21(27)16-20/h2-16H,1H3,(H,28,31)(H,30,32)/b29-17-. The Morgan fingerprint density at radius 1 is 0.781 bits per heavy atom. The molecular weight excluding hydrogens is 405 g/mol. The molecule has 0 aromatic heterocycles. The van der Waals surface area contributed by atoms with Crippen LogP contribution in [0.25, 0.3) is 10.8 Å². The lowest BCUT2D eigenvalue weighted by Crippen LogP contribution is -2.19. The molecule has 0 bridgehead atoms. The maximum atomic E-state index is 13.3. The number of fused-ring (bicyclic) bond motifs is 1. The predicted octanol–water partition coefficient (Wildman–Crippen LogP) is 5.39. The van der Waals surface area contributed by atoms with Crippen molar-refractivity contribution >= 4 is 34.0 Å². The molecule has 6 heteroatoms. The van der Waals surface area contributed by atoms with E-state index in [1.165, 1.54) is 18.2 Å². The molecule has 0 aliphatic carbocycles. The Balaban J connectivity index is 1.43. The van der Waals surface area contributed by atoms with Gasteiger partial charge in [-0.05, 0) is 59.7 Å². The van der Waals surface area contributed by atoms with Crippen molar-refractivity contribution in [3.8, 4) is 0 Å². The first kappa shape index (κ1) is 20.9. The van der Waals surface area contributed by atoms with Crippen molar-refractivity contribution in [3.63, 3.8) is 0 Å². The van der Waals surface area contributed by atoms with Crippen molar-refractivity contribution in [2.45, 2.75) is 6.92 Å². The summed E-state index contributed by atoms with van der Waals surface area (Å²) in [5, 5.41) is 8.78. The van der Waals surface area contributed by atoms with Crippen LogP contribution in [0.3, 0.4) is 0 Å². The third-order valence-electron chi connectivity index (χ3n) is 5.01. The minimum Gasteiger partial charge on any atom is -0.322 e. The molecule has 4 rings (SSSR count). The summed E-state index contributed by atoms with van der Waals surface area (Å²) in [6.07, 6.45) is 0. The number of amides is 2. The van der Waals surface area contributed by atoms with Gasteiger partial charge in [0, 0.05) is 16.8 Å². The SMILES string of the molecule is C/C(=N/NC(=O)c1cccc2ccccc12)c1ccc(NC(=O)c2cccc(F)c2)cc1. The molecule has 4 aromatic rings. The van der Waals surface area contributed by atoms with Gasteiger partial charge in [-0.15, -0.1) is 0 Å². The van der Waals surface area contributed by atoms with Gasteiger partial charge in [0.25, 0.3) is 11.8 Å². The van der Waals surface area contributed by atoms with Gasteiger partial charge in [-0.25, -0.2) is 9.82 Å². The Labute approximate surface area is 184 Å². The summed E-state index contributed by atoms with van der Waals surface area (Å²) in [4.78, 5) is 24.9. The van der Waals surface area contributed by atoms with Gasteiger partial charge in [0.1, 0.15) is 5.82 Å². The molecule has 2 amide bonds. The Kier molecular flexibility index (Phi) is 6.03. The first-order chi connectivity index (χ1) is 15.5. The highest BCUT2D eigenvalue weighted by Crippen LogP contribution is 2.18. The van der Waals surface area contributed by atoms with Crippen molar-refractivity contribution in [1.82, 2.24) is 5.43 Å². The van der Waals surface area contributed by atoms with Crippen molar-refractivity contribution in [1.29, 1.82) is 0 Å². The van der Waals surface area contributed by atoms with Gasteiger partial charge >= 0.3 is 0 Å². The minimum atomic E-state index is -0.467. The molecule has 0 unspecified atom stereocenters. The monoisotopic (exact) mass is 425 g/mol. The van der Waals surface area contributed by atoms with E-state index in [9.17, 15) is 14.0 Å². The molecule has 0 atom stereocenters. The summed E-state index contributed by atoms with van der Waals surface area (Å²) in [5.41, 5.74) is 5.36. The van der Waals surface area contributed by atoms with Gasteiger partial charge in [-0.2, -0.15) is 5.10 Å². The Morgan fingerprint density at radius 2 is 1.50 bits per heavy atom. The molecule has 0 aliphatic heterocycles. The minimum absolute atomic E-state index is 0.239. The fraction of sp³-hybridized carbons (Fsp3) is 0.0385. The molecule has 0 radical (unpaired) electrons. The second-order valence-electron chi connectivity index (χ2n) is 7.21. The number of hydrogen-bond acceptors (Lipinski definition) is 3. The second kappa shape index (κ2) is 9.22. The predicted molar refractivity (Wildman–Crippen MR) is 124 cm³/mol. The van der Waals surface area contributed by atoms with Crippen LogP contribution in [-0.4, -0.2) is 17.5 Å². The highest BCUT2D eigenvalue weighted by molar-refractivity contribution is 6.08. The van der Waals surface area contributed by atoms with Gasteiger partial charge in [-0.3, -0.25) is 9.59 Å². The molecule has 2 N–H and O–H groups in total. The molecule has 4 aromatic carbocycles. The van der Waals surface area contributed by atoms with E-state index in [1.807, 2.05) is 36.4 Å². The number of carbonyl (C=O) groups is 2. The van der Waals surface area contributed by atoms with E-state index in [4.69, 9.17) is 0 Å². The van der Waals surface area contributed by atoms with Crippen LogP contribution in [0.4, 0.5) is 10.1 Å². The number of carbonyl (C=O) groups excluding carboxylic acids is 2.